The Hall–Kier alpha value is -1.01. The largest absolute Gasteiger partial charge is 0.412 e. The van der Waals surface area contributed by atoms with Crippen LogP contribution in [0.15, 0.2) is 18.2 Å². The third-order valence-electron chi connectivity index (χ3n) is 3.33. The van der Waals surface area contributed by atoms with E-state index in [0.717, 1.165) is 4.57 Å². The van der Waals surface area contributed by atoms with Crippen molar-refractivity contribution < 1.29 is 13.2 Å². The zero-order chi connectivity index (χ0) is 13.1. The van der Waals surface area contributed by atoms with Gasteiger partial charge in [0.25, 0.3) is 0 Å². The number of H-pyrrole nitrogens is 1. The highest BCUT2D eigenvalue weighted by Crippen LogP contribution is 2.56. The molecule has 2 aromatic rings. The lowest BCUT2D eigenvalue weighted by atomic mass is 10.2. The van der Waals surface area contributed by atoms with Crippen molar-refractivity contribution >= 4 is 34.9 Å². The number of nitrogens with one attached hydrogen (secondary N) is 1. The highest BCUT2D eigenvalue weighted by molar-refractivity contribution is 7.71. The molecule has 0 spiro atoms. The zero-order valence-electron chi connectivity index (χ0n) is 9.01. The number of imidazole rings is 1. The SMILES string of the molecule is FC(F)(F)C1(n2c(=S)[nH]c3cccc(Cl)c32)CC1. The van der Waals surface area contributed by atoms with Crippen LogP contribution in [0, 0.1) is 4.77 Å². The molecule has 7 heteroatoms. The molecule has 1 saturated carbocycles. The minimum atomic E-state index is -4.32. The van der Waals surface area contributed by atoms with Crippen LogP contribution in [0.25, 0.3) is 11.0 Å². The van der Waals surface area contributed by atoms with Gasteiger partial charge in [-0.2, -0.15) is 13.2 Å². The fourth-order valence-corrected chi connectivity index (χ4v) is 2.91. The molecule has 1 heterocycles. The summed E-state index contributed by atoms with van der Waals surface area (Å²) in [6.07, 6.45) is -4.23. The van der Waals surface area contributed by atoms with E-state index >= 15 is 0 Å². The van der Waals surface area contributed by atoms with E-state index in [0.29, 0.717) is 11.0 Å². The summed E-state index contributed by atoms with van der Waals surface area (Å²) in [5, 5.41) is 0.273. The first-order valence-corrected chi connectivity index (χ1v) is 6.12. The van der Waals surface area contributed by atoms with E-state index in [2.05, 4.69) is 4.98 Å². The van der Waals surface area contributed by atoms with Gasteiger partial charge in [-0.3, -0.25) is 0 Å². The van der Waals surface area contributed by atoms with Gasteiger partial charge in [0, 0.05) is 0 Å². The average molecular weight is 293 g/mol. The molecule has 0 amide bonds. The third-order valence-corrected chi connectivity index (χ3v) is 3.92. The lowest BCUT2D eigenvalue weighted by Crippen LogP contribution is -2.34. The number of alkyl halides is 3. The van der Waals surface area contributed by atoms with Gasteiger partial charge in [-0.15, -0.1) is 0 Å². The van der Waals surface area contributed by atoms with Crippen LogP contribution in [0.2, 0.25) is 5.02 Å². The molecule has 0 atom stereocenters. The average Bonchev–Trinajstić information content (AvgIpc) is 2.97. The van der Waals surface area contributed by atoms with Gasteiger partial charge >= 0.3 is 6.18 Å². The van der Waals surface area contributed by atoms with Crippen LogP contribution < -0.4 is 0 Å². The number of rotatable bonds is 1. The summed E-state index contributed by atoms with van der Waals surface area (Å²) < 4.78 is 40.7. The van der Waals surface area contributed by atoms with Crippen LogP contribution in [-0.2, 0) is 5.54 Å². The predicted octanol–water partition coefficient (Wildman–Crippen LogP) is 4.40. The maximum Gasteiger partial charge on any atom is 0.412 e. The Bertz CT molecular complexity index is 682. The topological polar surface area (TPSA) is 20.7 Å². The quantitative estimate of drug-likeness (QED) is 0.773. The minimum Gasteiger partial charge on any atom is -0.331 e. The van der Waals surface area contributed by atoms with Crippen molar-refractivity contribution in [2.75, 3.05) is 0 Å². The number of fused-ring (bicyclic) bond motifs is 1. The second kappa shape index (κ2) is 3.51. The molecule has 1 fully saturated rings. The van der Waals surface area contributed by atoms with Crippen molar-refractivity contribution in [2.24, 2.45) is 0 Å². The number of aromatic nitrogens is 2. The fourth-order valence-electron chi connectivity index (χ4n) is 2.28. The van der Waals surface area contributed by atoms with Crippen LogP contribution in [0.4, 0.5) is 13.2 Å². The summed E-state index contributed by atoms with van der Waals surface area (Å²) in [7, 11) is 0. The number of halogens is 4. The normalized spacial score (nSPS) is 18.2. The first-order valence-electron chi connectivity index (χ1n) is 5.33. The van der Waals surface area contributed by atoms with Crippen molar-refractivity contribution in [2.45, 2.75) is 24.6 Å². The standard InChI is InChI=1S/C11H8ClF3N2S/c12-6-2-1-3-7-8(6)17(9(18)16-7)10(4-5-10)11(13,14)15/h1-3H,4-5H2,(H,16,18). The van der Waals surface area contributed by atoms with Crippen LogP contribution >= 0.6 is 23.8 Å². The molecule has 96 valence electrons. The number of benzene rings is 1. The van der Waals surface area contributed by atoms with Crippen LogP contribution in [0.1, 0.15) is 12.8 Å². The molecule has 0 unspecified atom stereocenters. The van der Waals surface area contributed by atoms with Gasteiger partial charge in [0.1, 0.15) is 5.54 Å². The Balaban J connectivity index is 2.37. The Kier molecular flexibility index (Phi) is 2.35. The first-order chi connectivity index (χ1) is 8.37. The molecule has 2 nitrogen and oxygen atoms in total. The van der Waals surface area contributed by atoms with Gasteiger partial charge < -0.3 is 9.55 Å². The van der Waals surface area contributed by atoms with E-state index in [9.17, 15) is 13.2 Å². The summed E-state index contributed by atoms with van der Waals surface area (Å²) in [4.78, 5) is 2.78. The van der Waals surface area contributed by atoms with Gasteiger partial charge in [0.2, 0.25) is 0 Å². The van der Waals surface area contributed by atoms with E-state index in [1.54, 1.807) is 18.2 Å². The van der Waals surface area contributed by atoms with Gasteiger partial charge in [-0.05, 0) is 37.2 Å². The van der Waals surface area contributed by atoms with E-state index in [4.69, 9.17) is 23.8 Å². The van der Waals surface area contributed by atoms with E-state index in [1.807, 2.05) is 0 Å². The van der Waals surface area contributed by atoms with Crippen LogP contribution in [0.5, 0.6) is 0 Å². The van der Waals surface area contributed by atoms with Crippen LogP contribution in [-0.4, -0.2) is 15.7 Å². The van der Waals surface area contributed by atoms with E-state index < -0.39 is 11.7 Å². The summed E-state index contributed by atoms with van der Waals surface area (Å²) >= 11 is 11.0. The van der Waals surface area contributed by atoms with Gasteiger partial charge in [0.15, 0.2) is 4.77 Å². The Morgan fingerprint density at radius 2 is 2.00 bits per heavy atom. The first kappa shape index (κ1) is 12.0. The molecule has 1 aliphatic rings. The van der Waals surface area contributed by atoms with Gasteiger partial charge in [-0.1, -0.05) is 17.7 Å². The number of hydrogen-bond acceptors (Lipinski definition) is 1. The fraction of sp³-hybridized carbons (Fsp3) is 0.364. The second-order valence-corrected chi connectivity index (χ2v) is 5.22. The number of para-hydroxylation sites is 1. The summed E-state index contributed by atoms with van der Waals surface area (Å²) in [5.74, 6) is 0. The smallest absolute Gasteiger partial charge is 0.331 e. The lowest BCUT2D eigenvalue weighted by Gasteiger charge is -2.22. The Morgan fingerprint density at radius 3 is 2.56 bits per heavy atom. The maximum absolute atomic E-state index is 13.2. The summed E-state index contributed by atoms with van der Waals surface area (Å²) in [5.41, 5.74) is -1.02. The van der Waals surface area contributed by atoms with E-state index in [-0.39, 0.29) is 22.6 Å². The molecular formula is C11H8ClF3N2S. The van der Waals surface area contributed by atoms with Gasteiger partial charge in [0.05, 0.1) is 16.1 Å². The molecule has 0 radical (unpaired) electrons. The van der Waals surface area contributed by atoms with Crippen molar-refractivity contribution in [3.05, 3.63) is 28.0 Å². The van der Waals surface area contributed by atoms with Crippen molar-refractivity contribution in [1.82, 2.24) is 9.55 Å². The number of nitrogens with zero attached hydrogens (tertiary/aromatic N) is 1. The second-order valence-electron chi connectivity index (χ2n) is 4.43. The highest BCUT2D eigenvalue weighted by atomic mass is 35.5. The minimum absolute atomic E-state index is 0.0446. The predicted molar refractivity (Wildman–Crippen MR) is 65.4 cm³/mol. The molecular weight excluding hydrogens is 285 g/mol. The molecule has 1 aliphatic carbocycles. The van der Waals surface area contributed by atoms with Crippen molar-refractivity contribution in [3.8, 4) is 0 Å². The zero-order valence-corrected chi connectivity index (χ0v) is 10.6. The molecule has 18 heavy (non-hydrogen) atoms. The third kappa shape index (κ3) is 1.45. The number of aromatic amines is 1. The monoisotopic (exact) mass is 292 g/mol. The highest BCUT2D eigenvalue weighted by Gasteiger charge is 2.65. The molecule has 1 aromatic carbocycles. The molecule has 0 bridgehead atoms. The van der Waals surface area contributed by atoms with E-state index in [1.165, 1.54) is 0 Å². The number of hydrogen-bond donors (Lipinski definition) is 1. The molecule has 1 N–H and O–H groups in total. The van der Waals surface area contributed by atoms with Gasteiger partial charge in [-0.25, -0.2) is 0 Å². The Labute approximate surface area is 110 Å². The summed E-state index contributed by atoms with van der Waals surface area (Å²) in [6, 6.07) is 4.91. The lowest BCUT2D eigenvalue weighted by molar-refractivity contribution is -0.179. The molecule has 3 rings (SSSR count). The summed E-state index contributed by atoms with van der Waals surface area (Å²) in [6.45, 7) is 0. The maximum atomic E-state index is 13.2. The molecule has 1 aromatic heterocycles. The van der Waals surface area contributed by atoms with Crippen LogP contribution in [0.3, 0.4) is 0 Å². The molecule has 0 saturated heterocycles. The van der Waals surface area contributed by atoms with Crippen molar-refractivity contribution in [1.29, 1.82) is 0 Å². The Morgan fingerprint density at radius 1 is 1.33 bits per heavy atom. The van der Waals surface area contributed by atoms with Crippen molar-refractivity contribution in [3.63, 3.8) is 0 Å². The molecule has 0 aliphatic heterocycles.